The maximum Gasteiger partial charge on any atom is 0.0599 e. The van der Waals surface area contributed by atoms with Gasteiger partial charge in [-0.3, -0.25) is 0 Å². The lowest BCUT2D eigenvalue weighted by atomic mass is 10.2. The van der Waals surface area contributed by atoms with E-state index in [4.69, 9.17) is 23.2 Å². The number of alkyl halides is 1. The predicted octanol–water partition coefficient (Wildman–Crippen LogP) is 5.10. The Kier molecular flexibility index (Phi) is 2.84. The Labute approximate surface area is 98.6 Å². The summed E-state index contributed by atoms with van der Waals surface area (Å²) in [6, 6.07) is 3.73. The van der Waals surface area contributed by atoms with Gasteiger partial charge in [0.15, 0.2) is 0 Å². The van der Waals surface area contributed by atoms with E-state index in [-0.39, 0.29) is 0 Å². The summed E-state index contributed by atoms with van der Waals surface area (Å²) in [5.74, 6) is 0. The molecule has 0 fully saturated rings. The molecule has 2 aromatic rings. The molecule has 0 aliphatic rings. The van der Waals surface area contributed by atoms with E-state index in [1.807, 2.05) is 6.07 Å². The fourth-order valence-corrected chi connectivity index (χ4v) is 3.48. The van der Waals surface area contributed by atoms with Gasteiger partial charge in [-0.1, -0.05) is 39.1 Å². The maximum atomic E-state index is 6.04. The van der Waals surface area contributed by atoms with Crippen LogP contribution in [-0.4, -0.2) is 0 Å². The van der Waals surface area contributed by atoms with E-state index in [1.165, 1.54) is 5.56 Å². The Morgan fingerprint density at radius 3 is 2.77 bits per heavy atom. The van der Waals surface area contributed by atoms with Crippen LogP contribution < -0.4 is 0 Å². The number of hydrogen-bond donors (Lipinski definition) is 0. The topological polar surface area (TPSA) is 0 Å². The summed E-state index contributed by atoms with van der Waals surface area (Å²) in [5, 5.41) is 5.52. The third kappa shape index (κ3) is 1.73. The first-order chi connectivity index (χ1) is 6.22. The summed E-state index contributed by atoms with van der Waals surface area (Å²) in [7, 11) is 0. The zero-order valence-electron chi connectivity index (χ0n) is 6.48. The van der Waals surface area contributed by atoms with Crippen LogP contribution in [0, 0.1) is 0 Å². The Morgan fingerprint density at radius 2 is 2.08 bits per heavy atom. The van der Waals surface area contributed by atoms with Gasteiger partial charge in [0, 0.05) is 10.4 Å². The van der Waals surface area contributed by atoms with Crippen LogP contribution in [0.15, 0.2) is 17.5 Å². The Morgan fingerprint density at radius 1 is 1.31 bits per heavy atom. The predicted molar refractivity (Wildman–Crippen MR) is 64.5 cm³/mol. The van der Waals surface area contributed by atoms with Crippen LogP contribution in [-0.2, 0) is 5.33 Å². The maximum absolute atomic E-state index is 6.04. The molecule has 0 unspecified atom stereocenters. The van der Waals surface area contributed by atoms with Gasteiger partial charge in [0.25, 0.3) is 0 Å². The quantitative estimate of drug-likeness (QED) is 0.642. The summed E-state index contributed by atoms with van der Waals surface area (Å²) >= 11 is 17.0. The van der Waals surface area contributed by atoms with Gasteiger partial charge < -0.3 is 0 Å². The molecule has 0 bridgehead atoms. The lowest BCUT2D eigenvalue weighted by Crippen LogP contribution is -1.73. The van der Waals surface area contributed by atoms with Crippen molar-refractivity contribution in [3.05, 3.63) is 33.1 Å². The molecule has 0 amide bonds. The van der Waals surface area contributed by atoms with E-state index in [9.17, 15) is 0 Å². The van der Waals surface area contributed by atoms with E-state index >= 15 is 0 Å². The number of benzene rings is 1. The lowest BCUT2D eigenvalue weighted by molar-refractivity contribution is 1.55. The van der Waals surface area contributed by atoms with Crippen LogP contribution in [0.1, 0.15) is 5.56 Å². The van der Waals surface area contributed by atoms with E-state index in [1.54, 1.807) is 17.4 Å². The molecule has 1 heterocycles. The highest BCUT2D eigenvalue weighted by Crippen LogP contribution is 2.35. The fourth-order valence-electron chi connectivity index (χ4n) is 1.22. The molecular formula is C9H5BrCl2S. The zero-order chi connectivity index (χ0) is 9.42. The van der Waals surface area contributed by atoms with Gasteiger partial charge in [0.2, 0.25) is 0 Å². The largest absolute Gasteiger partial charge is 0.142 e. The number of rotatable bonds is 1. The summed E-state index contributed by atoms with van der Waals surface area (Å²) in [6.45, 7) is 0. The third-order valence-corrected chi connectivity index (χ3v) is 4.13. The summed E-state index contributed by atoms with van der Waals surface area (Å²) in [6.07, 6.45) is 0. The molecule has 13 heavy (non-hydrogen) atoms. The average molecular weight is 296 g/mol. The Balaban J connectivity index is 2.82. The first kappa shape index (κ1) is 9.78. The van der Waals surface area contributed by atoms with Gasteiger partial charge in [-0.05, 0) is 28.5 Å². The number of thiophene rings is 1. The lowest BCUT2D eigenvalue weighted by Gasteiger charge is -1.97. The van der Waals surface area contributed by atoms with Gasteiger partial charge in [0.05, 0.1) is 9.72 Å². The molecule has 0 nitrogen and oxygen atoms in total. The van der Waals surface area contributed by atoms with Crippen LogP contribution in [0.5, 0.6) is 0 Å². The van der Waals surface area contributed by atoms with Gasteiger partial charge in [0.1, 0.15) is 0 Å². The van der Waals surface area contributed by atoms with Crippen LogP contribution in [0.3, 0.4) is 0 Å². The van der Waals surface area contributed by atoms with Crippen molar-refractivity contribution in [2.45, 2.75) is 5.33 Å². The minimum atomic E-state index is 0.693. The molecular weight excluding hydrogens is 291 g/mol. The molecule has 0 saturated carbocycles. The van der Waals surface area contributed by atoms with Crippen LogP contribution >= 0.6 is 50.5 Å². The Bertz CT molecular complexity index is 450. The van der Waals surface area contributed by atoms with E-state index < -0.39 is 0 Å². The molecule has 0 saturated heterocycles. The SMILES string of the molecule is Clc1cc(Cl)c2scc(CBr)c2c1. The van der Waals surface area contributed by atoms with Crippen molar-refractivity contribution in [3.63, 3.8) is 0 Å². The molecule has 0 aliphatic heterocycles. The summed E-state index contributed by atoms with van der Waals surface area (Å²) < 4.78 is 1.11. The Hall–Kier alpha value is 0.240. The number of halogens is 3. The highest BCUT2D eigenvalue weighted by molar-refractivity contribution is 9.08. The first-order valence-corrected chi connectivity index (χ1v) is 6.39. The molecule has 4 heteroatoms. The van der Waals surface area contributed by atoms with Gasteiger partial charge >= 0.3 is 0 Å². The molecule has 0 N–H and O–H groups in total. The summed E-state index contributed by atoms with van der Waals surface area (Å²) in [5.41, 5.74) is 1.24. The second-order valence-electron chi connectivity index (χ2n) is 2.66. The molecule has 0 aliphatic carbocycles. The van der Waals surface area contributed by atoms with Crippen LogP contribution in [0.2, 0.25) is 10.0 Å². The van der Waals surface area contributed by atoms with Gasteiger partial charge in [-0.2, -0.15) is 0 Å². The van der Waals surface area contributed by atoms with Crippen molar-refractivity contribution in [2.75, 3.05) is 0 Å². The molecule has 0 spiro atoms. The molecule has 1 aromatic carbocycles. The van der Waals surface area contributed by atoms with Crippen molar-refractivity contribution in [3.8, 4) is 0 Å². The number of hydrogen-bond acceptors (Lipinski definition) is 1. The minimum Gasteiger partial charge on any atom is -0.142 e. The smallest absolute Gasteiger partial charge is 0.0599 e. The van der Waals surface area contributed by atoms with E-state index in [2.05, 4.69) is 21.3 Å². The minimum absolute atomic E-state index is 0.693. The zero-order valence-corrected chi connectivity index (χ0v) is 10.4. The fraction of sp³-hybridized carbons (Fsp3) is 0.111. The third-order valence-electron chi connectivity index (χ3n) is 1.82. The van der Waals surface area contributed by atoms with Crippen LogP contribution in [0.4, 0.5) is 0 Å². The van der Waals surface area contributed by atoms with Gasteiger partial charge in [-0.15, -0.1) is 11.3 Å². The van der Waals surface area contributed by atoms with Crippen molar-refractivity contribution in [2.24, 2.45) is 0 Å². The highest BCUT2D eigenvalue weighted by atomic mass is 79.9. The molecule has 1 aromatic heterocycles. The second kappa shape index (κ2) is 3.77. The van der Waals surface area contributed by atoms with Crippen molar-refractivity contribution in [1.29, 1.82) is 0 Å². The van der Waals surface area contributed by atoms with E-state index in [0.717, 1.165) is 20.4 Å². The summed E-state index contributed by atoms with van der Waals surface area (Å²) in [4.78, 5) is 0. The second-order valence-corrected chi connectivity index (χ2v) is 4.94. The van der Waals surface area contributed by atoms with Crippen LogP contribution in [0.25, 0.3) is 10.1 Å². The average Bonchev–Trinajstić information content (AvgIpc) is 2.47. The standard InChI is InChI=1S/C9H5BrCl2S/c10-3-5-4-13-9-7(5)1-6(11)2-8(9)12/h1-2,4H,3H2. The van der Waals surface area contributed by atoms with Crippen molar-refractivity contribution in [1.82, 2.24) is 0 Å². The van der Waals surface area contributed by atoms with Crippen molar-refractivity contribution < 1.29 is 0 Å². The highest BCUT2D eigenvalue weighted by Gasteiger charge is 2.07. The van der Waals surface area contributed by atoms with Gasteiger partial charge in [-0.25, -0.2) is 0 Å². The number of fused-ring (bicyclic) bond motifs is 1. The monoisotopic (exact) mass is 294 g/mol. The molecule has 2 rings (SSSR count). The van der Waals surface area contributed by atoms with Crippen molar-refractivity contribution >= 4 is 60.6 Å². The molecule has 0 radical (unpaired) electrons. The molecule has 68 valence electrons. The first-order valence-electron chi connectivity index (χ1n) is 3.63. The molecule has 0 atom stereocenters. The van der Waals surface area contributed by atoms with E-state index in [0.29, 0.717) is 5.02 Å². The normalized spacial score (nSPS) is 11.0.